The van der Waals surface area contributed by atoms with E-state index in [1.54, 1.807) is 24.6 Å². The lowest BCUT2D eigenvalue weighted by molar-refractivity contribution is -0.122. The summed E-state index contributed by atoms with van der Waals surface area (Å²) < 4.78 is 44.4. The monoisotopic (exact) mass is 837 g/mol. The zero-order chi connectivity index (χ0) is 42.7. The van der Waals surface area contributed by atoms with Gasteiger partial charge in [-0.25, -0.2) is 9.07 Å². The van der Waals surface area contributed by atoms with Crippen molar-refractivity contribution in [2.45, 2.75) is 97.6 Å². The van der Waals surface area contributed by atoms with Crippen LogP contribution in [0.2, 0.25) is 0 Å². The van der Waals surface area contributed by atoms with Gasteiger partial charge in [-0.2, -0.15) is 0 Å². The topological polar surface area (TPSA) is 180 Å². The van der Waals surface area contributed by atoms with Crippen molar-refractivity contribution < 1.29 is 42.5 Å². The van der Waals surface area contributed by atoms with Crippen LogP contribution in [-0.2, 0) is 46.2 Å². The molecule has 1 saturated carbocycles. The Labute approximate surface area is 352 Å². The Bertz CT molecular complexity index is 1870. The molecule has 1 aliphatic heterocycles. The maximum absolute atomic E-state index is 13.9. The molecule has 0 spiro atoms. The molecule has 3 aromatic rings. The minimum atomic E-state index is -0.446. The van der Waals surface area contributed by atoms with Crippen molar-refractivity contribution in [2.24, 2.45) is 5.92 Å². The maximum atomic E-state index is 13.9. The normalized spacial score (nSPS) is 15.5. The van der Waals surface area contributed by atoms with E-state index in [0.29, 0.717) is 111 Å². The van der Waals surface area contributed by atoms with E-state index in [-0.39, 0.29) is 49.4 Å². The smallest absolute Gasteiger partial charge is 0.256 e. The van der Waals surface area contributed by atoms with E-state index in [1.165, 1.54) is 63.1 Å². The lowest BCUT2D eigenvalue weighted by atomic mass is 9.80. The van der Waals surface area contributed by atoms with Crippen LogP contribution in [0, 0.1) is 25.6 Å². The summed E-state index contributed by atoms with van der Waals surface area (Å²) in [5, 5.41) is 16.7. The average Bonchev–Trinajstić information content (AvgIpc) is 3.87. The van der Waals surface area contributed by atoms with E-state index in [0.717, 1.165) is 5.69 Å². The van der Waals surface area contributed by atoms with Crippen molar-refractivity contribution in [3.8, 4) is 0 Å². The molecule has 16 heteroatoms. The molecule has 330 valence electrons. The Hall–Kier alpha value is -4.48. The van der Waals surface area contributed by atoms with Crippen LogP contribution in [-0.4, -0.2) is 116 Å². The van der Waals surface area contributed by atoms with Crippen molar-refractivity contribution >= 4 is 35.1 Å². The summed E-state index contributed by atoms with van der Waals surface area (Å²) in [5.74, 6) is -0.677. The SMILES string of the molecule is Cc1[nH]c(/C=C2\C(=O)Nc3ccc(F)cc32)c(C)c1C(=O)NCCNC(=O)CCOCCOCCOCCn1cc(CCOCCOC(C)(C)C2CCCCCCC2)nn1. The third kappa shape index (κ3) is 14.6. The predicted octanol–water partition coefficient (Wildman–Crippen LogP) is 5.56. The summed E-state index contributed by atoms with van der Waals surface area (Å²) in [4.78, 5) is 40.9. The van der Waals surface area contributed by atoms with Crippen LogP contribution in [0.5, 0.6) is 0 Å². The summed E-state index contributed by atoms with van der Waals surface area (Å²) in [6.07, 6.45) is 13.6. The minimum absolute atomic E-state index is 0.113. The molecule has 0 bridgehead atoms. The molecule has 0 saturated heterocycles. The van der Waals surface area contributed by atoms with Gasteiger partial charge >= 0.3 is 0 Å². The second-order valence-corrected chi connectivity index (χ2v) is 15.9. The molecule has 3 amide bonds. The largest absolute Gasteiger partial charge is 0.379 e. The molecule has 15 nitrogen and oxygen atoms in total. The first-order chi connectivity index (χ1) is 29.0. The zero-order valence-corrected chi connectivity index (χ0v) is 35.8. The Balaban J connectivity index is 0.825. The number of aryl methyl sites for hydroxylation is 1. The summed E-state index contributed by atoms with van der Waals surface area (Å²) in [6, 6.07) is 4.11. The van der Waals surface area contributed by atoms with Gasteiger partial charge in [-0.1, -0.05) is 37.3 Å². The van der Waals surface area contributed by atoms with Crippen molar-refractivity contribution in [1.82, 2.24) is 30.6 Å². The Morgan fingerprint density at radius 1 is 0.900 bits per heavy atom. The Kier molecular flexibility index (Phi) is 18.7. The number of halogens is 1. The molecule has 0 radical (unpaired) electrons. The van der Waals surface area contributed by atoms with E-state index in [4.69, 9.17) is 23.7 Å². The molecular formula is C44H64FN7O8. The molecule has 0 atom stereocenters. The summed E-state index contributed by atoms with van der Waals surface area (Å²) in [6.45, 7) is 13.1. The number of hydrogen-bond donors (Lipinski definition) is 4. The van der Waals surface area contributed by atoms with Crippen molar-refractivity contribution in [1.29, 1.82) is 0 Å². The van der Waals surface area contributed by atoms with E-state index >= 15 is 0 Å². The van der Waals surface area contributed by atoms with Crippen LogP contribution in [0.25, 0.3) is 11.6 Å². The second kappa shape index (κ2) is 24.1. The van der Waals surface area contributed by atoms with Gasteiger partial charge < -0.3 is 44.6 Å². The highest BCUT2D eigenvalue weighted by Crippen LogP contribution is 2.35. The van der Waals surface area contributed by atoms with E-state index in [2.05, 4.69) is 45.1 Å². The van der Waals surface area contributed by atoms with Crippen LogP contribution < -0.4 is 16.0 Å². The number of amides is 3. The lowest BCUT2D eigenvalue weighted by Gasteiger charge is -2.35. The average molecular weight is 838 g/mol. The molecule has 3 heterocycles. The summed E-state index contributed by atoms with van der Waals surface area (Å²) in [7, 11) is 0. The number of anilines is 1. The first-order valence-corrected chi connectivity index (χ1v) is 21.4. The highest BCUT2D eigenvalue weighted by molar-refractivity contribution is 6.34. The Morgan fingerprint density at radius 3 is 2.33 bits per heavy atom. The quantitative estimate of drug-likeness (QED) is 0.0624. The number of aromatic amines is 1. The third-order valence-corrected chi connectivity index (χ3v) is 11.1. The number of ether oxygens (including phenoxy) is 5. The van der Waals surface area contributed by atoms with Gasteiger partial charge in [0, 0.05) is 54.8 Å². The molecule has 0 unspecified atom stereocenters. The van der Waals surface area contributed by atoms with Crippen LogP contribution >= 0.6 is 0 Å². The summed E-state index contributed by atoms with van der Waals surface area (Å²) in [5.41, 5.74) is 4.37. The van der Waals surface area contributed by atoms with Gasteiger partial charge in [0.05, 0.1) is 88.4 Å². The number of benzene rings is 1. The molecular weight excluding hydrogens is 774 g/mol. The molecule has 4 N–H and O–H groups in total. The Morgan fingerprint density at radius 2 is 1.57 bits per heavy atom. The van der Waals surface area contributed by atoms with Crippen molar-refractivity contribution in [2.75, 3.05) is 77.9 Å². The van der Waals surface area contributed by atoms with Crippen LogP contribution in [0.4, 0.5) is 10.1 Å². The number of hydrogen-bond acceptors (Lipinski definition) is 10. The number of fused-ring (bicyclic) bond motifs is 1. The van der Waals surface area contributed by atoms with Gasteiger partial charge in [0.2, 0.25) is 5.91 Å². The van der Waals surface area contributed by atoms with Gasteiger partial charge in [0.1, 0.15) is 5.82 Å². The second-order valence-electron chi connectivity index (χ2n) is 15.9. The standard InChI is InChI=1S/C44H64FN7O8/c1-31-39(29-37-36-28-34(45)12-13-38(36)49-42(37)54)48-32(2)41(31)43(55)47-17-16-46-40(53)15-20-57-22-24-59-25-23-58-21-18-52-30-35(50-51-52)14-19-56-26-27-60-44(3,4)33-10-8-6-5-7-9-11-33/h12-13,28-30,33,48H,5-11,14-27H2,1-4H3,(H,46,53)(H,47,55)(H,49,54)/b37-29-. The number of carbonyl (C=O) groups excluding carboxylic acids is 3. The van der Waals surface area contributed by atoms with Crippen LogP contribution in [0.1, 0.15) is 104 Å². The number of aromatic nitrogens is 4. The fourth-order valence-corrected chi connectivity index (χ4v) is 7.60. The third-order valence-electron chi connectivity index (χ3n) is 11.1. The molecule has 1 fully saturated rings. The molecule has 60 heavy (non-hydrogen) atoms. The molecule has 2 aliphatic rings. The van der Waals surface area contributed by atoms with Crippen LogP contribution in [0.3, 0.4) is 0 Å². The first kappa shape index (κ1) is 46.6. The number of nitrogens with zero attached hydrogens (tertiary/aromatic N) is 3. The highest BCUT2D eigenvalue weighted by atomic mass is 19.1. The maximum Gasteiger partial charge on any atom is 0.256 e. The number of carbonyl (C=O) groups is 3. The first-order valence-electron chi connectivity index (χ1n) is 21.4. The number of nitrogens with one attached hydrogen (secondary N) is 4. The van der Waals surface area contributed by atoms with E-state index in [1.807, 2.05) is 6.20 Å². The van der Waals surface area contributed by atoms with Gasteiger partial charge in [-0.3, -0.25) is 14.4 Å². The van der Waals surface area contributed by atoms with Gasteiger partial charge in [0.15, 0.2) is 0 Å². The fourth-order valence-electron chi connectivity index (χ4n) is 7.60. The summed E-state index contributed by atoms with van der Waals surface area (Å²) >= 11 is 0. The fraction of sp³-hybridized carbons (Fsp3) is 0.614. The molecule has 2 aromatic heterocycles. The number of rotatable bonds is 25. The van der Waals surface area contributed by atoms with Crippen molar-refractivity contribution in [3.63, 3.8) is 0 Å². The van der Waals surface area contributed by atoms with E-state index in [9.17, 15) is 18.8 Å². The molecule has 1 aliphatic carbocycles. The van der Waals surface area contributed by atoms with Gasteiger partial charge in [-0.05, 0) is 76.3 Å². The number of H-pyrrole nitrogens is 1. The molecule has 1 aromatic carbocycles. The lowest BCUT2D eigenvalue weighted by Crippen LogP contribution is -2.36. The van der Waals surface area contributed by atoms with E-state index < -0.39 is 5.82 Å². The van der Waals surface area contributed by atoms with Gasteiger partial charge in [-0.15, -0.1) is 5.10 Å². The highest BCUT2D eigenvalue weighted by Gasteiger charge is 2.30. The van der Waals surface area contributed by atoms with Crippen LogP contribution in [0.15, 0.2) is 24.4 Å². The van der Waals surface area contributed by atoms with Crippen molar-refractivity contribution in [3.05, 3.63) is 64.0 Å². The predicted molar refractivity (Wildman–Crippen MR) is 226 cm³/mol. The molecule has 5 rings (SSSR count). The minimum Gasteiger partial charge on any atom is -0.379 e. The van der Waals surface area contributed by atoms with Gasteiger partial charge in [0.25, 0.3) is 11.8 Å². The zero-order valence-electron chi connectivity index (χ0n) is 35.8.